The normalized spacial score (nSPS) is 17.0. The minimum absolute atomic E-state index is 0.0262. The second-order valence-corrected chi connectivity index (χ2v) is 18.4. The first kappa shape index (κ1) is 49.2. The van der Waals surface area contributed by atoms with Crippen LogP contribution < -0.4 is 22.5 Å². The van der Waals surface area contributed by atoms with Crippen LogP contribution in [0.3, 0.4) is 0 Å². The molecule has 334 valence electrons. The van der Waals surface area contributed by atoms with Crippen molar-refractivity contribution in [3.63, 3.8) is 0 Å². The molecule has 1 aliphatic carbocycles. The summed E-state index contributed by atoms with van der Waals surface area (Å²) in [6, 6.07) is 22.8. The van der Waals surface area contributed by atoms with Gasteiger partial charge in [-0.3, -0.25) is 19.3 Å². The van der Waals surface area contributed by atoms with E-state index in [1.54, 1.807) is 39.0 Å². The van der Waals surface area contributed by atoms with E-state index in [2.05, 4.69) is 5.32 Å². The fourth-order valence-electron chi connectivity index (χ4n) is 8.43. The third kappa shape index (κ3) is 15.8. The number of carbonyl (C=O) groups excluding carboxylic acids is 4. The van der Waals surface area contributed by atoms with Crippen molar-refractivity contribution in [3.8, 4) is 0 Å². The Morgan fingerprint density at radius 2 is 1.36 bits per heavy atom. The summed E-state index contributed by atoms with van der Waals surface area (Å²) in [6.45, 7) is 9.09. The number of alkyl carbamates (subject to hydrolysis) is 1. The van der Waals surface area contributed by atoms with E-state index in [4.69, 9.17) is 21.9 Å². The summed E-state index contributed by atoms with van der Waals surface area (Å²) < 4.78 is 5.57. The Hall–Kier alpha value is -4.46. The molecule has 0 radical (unpaired) electrons. The second-order valence-electron chi connectivity index (χ2n) is 18.4. The molecule has 0 bridgehead atoms. The molecule has 0 aromatic heterocycles. The summed E-state index contributed by atoms with van der Waals surface area (Å²) in [7, 11) is 0. The van der Waals surface area contributed by atoms with Crippen LogP contribution in [0, 0.1) is 23.7 Å². The number of hydrogen-bond donors (Lipinski definition) is 6. The molecule has 3 aromatic carbocycles. The second kappa shape index (κ2) is 23.7. The van der Waals surface area contributed by atoms with Crippen LogP contribution in [0.1, 0.15) is 108 Å². The molecule has 0 heterocycles. The molecular weight excluding hydrogens is 771 g/mol. The molecule has 3 aromatic rings. The number of ketones is 1. The molecule has 1 fully saturated rings. The van der Waals surface area contributed by atoms with Gasteiger partial charge in [0.25, 0.3) is 0 Å². The minimum atomic E-state index is -1.78. The van der Waals surface area contributed by atoms with E-state index in [0.29, 0.717) is 12.0 Å². The Labute approximate surface area is 363 Å². The summed E-state index contributed by atoms with van der Waals surface area (Å²) in [5.41, 5.74) is 21.4. The molecule has 0 saturated heterocycles. The Morgan fingerprint density at radius 1 is 0.787 bits per heavy atom. The van der Waals surface area contributed by atoms with Gasteiger partial charge in [-0.05, 0) is 87.0 Å². The van der Waals surface area contributed by atoms with Crippen LogP contribution in [-0.4, -0.2) is 74.7 Å². The largest absolute Gasteiger partial charge is 0.444 e. The highest BCUT2D eigenvalue weighted by Gasteiger charge is 2.45. The molecule has 4 rings (SSSR count). The molecule has 12 heteroatoms. The lowest BCUT2D eigenvalue weighted by molar-refractivity contribution is -0.156. The first-order chi connectivity index (χ1) is 28.9. The molecular formula is C49H71N5O7. The van der Waals surface area contributed by atoms with Gasteiger partial charge in [-0.15, -0.1) is 0 Å². The predicted molar refractivity (Wildman–Crippen MR) is 239 cm³/mol. The summed E-state index contributed by atoms with van der Waals surface area (Å²) in [5, 5.41) is 27.2. The molecule has 0 aliphatic heterocycles. The van der Waals surface area contributed by atoms with Crippen molar-refractivity contribution in [3.05, 3.63) is 107 Å². The van der Waals surface area contributed by atoms with E-state index in [0.717, 1.165) is 53.7 Å². The number of benzene rings is 3. The monoisotopic (exact) mass is 842 g/mol. The van der Waals surface area contributed by atoms with Gasteiger partial charge in [0.1, 0.15) is 11.5 Å². The molecule has 3 amide bonds. The maximum Gasteiger partial charge on any atom is 0.407 e. The number of carbonyl (C=O) groups is 4. The Balaban J connectivity index is 1.81. The van der Waals surface area contributed by atoms with E-state index in [9.17, 15) is 19.8 Å². The summed E-state index contributed by atoms with van der Waals surface area (Å²) in [4.78, 5) is 59.2. The van der Waals surface area contributed by atoms with E-state index >= 15 is 9.59 Å². The van der Waals surface area contributed by atoms with Crippen LogP contribution in [0.25, 0.3) is 0 Å². The van der Waals surface area contributed by atoms with Gasteiger partial charge in [0, 0.05) is 18.5 Å². The average Bonchev–Trinajstić information content (AvgIpc) is 3.22. The zero-order valence-electron chi connectivity index (χ0n) is 36.9. The average molecular weight is 842 g/mol. The van der Waals surface area contributed by atoms with Crippen LogP contribution in [0.2, 0.25) is 0 Å². The summed E-state index contributed by atoms with van der Waals surface area (Å²) in [6.07, 6.45) is 2.10. The van der Waals surface area contributed by atoms with Crippen molar-refractivity contribution < 1.29 is 34.1 Å². The van der Waals surface area contributed by atoms with Gasteiger partial charge in [-0.1, -0.05) is 131 Å². The molecule has 1 aliphatic rings. The van der Waals surface area contributed by atoms with Crippen molar-refractivity contribution in [2.45, 2.75) is 148 Å². The van der Waals surface area contributed by atoms with Crippen molar-refractivity contribution >= 4 is 23.7 Å². The Bertz CT molecular complexity index is 1830. The lowest BCUT2D eigenvalue weighted by Gasteiger charge is -2.35. The highest BCUT2D eigenvalue weighted by atomic mass is 16.6. The molecule has 7 atom stereocenters. The number of aliphatic hydroxyl groups is 2. The van der Waals surface area contributed by atoms with Crippen LogP contribution in [0.5, 0.6) is 0 Å². The number of aliphatic hydroxyl groups excluding tert-OH is 2. The molecule has 12 nitrogen and oxygen atoms in total. The predicted octanol–water partition coefficient (Wildman–Crippen LogP) is 5.96. The molecule has 4 unspecified atom stereocenters. The quantitative estimate of drug-likeness (QED) is 0.0693. The number of nitrogens with zero attached hydrogens (tertiary/aromatic N) is 1. The Kier molecular flexibility index (Phi) is 19.1. The van der Waals surface area contributed by atoms with Crippen LogP contribution in [0.4, 0.5) is 4.79 Å². The van der Waals surface area contributed by atoms with Gasteiger partial charge in [-0.25, -0.2) is 4.79 Å². The van der Waals surface area contributed by atoms with Crippen molar-refractivity contribution in [2.75, 3.05) is 0 Å². The maximum atomic E-state index is 15.4. The lowest BCUT2D eigenvalue weighted by Crippen LogP contribution is -2.56. The van der Waals surface area contributed by atoms with Crippen LogP contribution in [-0.2, 0) is 45.1 Å². The van der Waals surface area contributed by atoms with E-state index in [1.807, 2.05) is 80.6 Å². The number of rotatable bonds is 21. The lowest BCUT2D eigenvalue weighted by atomic mass is 9.76. The van der Waals surface area contributed by atoms with Gasteiger partial charge >= 0.3 is 6.09 Å². The van der Waals surface area contributed by atoms with Crippen LogP contribution in [0.15, 0.2) is 84.9 Å². The Morgan fingerprint density at radius 3 is 1.93 bits per heavy atom. The zero-order valence-corrected chi connectivity index (χ0v) is 36.9. The number of nitrogens with one attached hydrogen (secondary N) is 1. The van der Waals surface area contributed by atoms with Gasteiger partial charge in [0.05, 0.1) is 30.8 Å². The standard InChI is InChI=1S/C49H71N5O7/c1-32(2)24-40(52)46(58)54(31-37-23-15-22-36(25-37)30-50)47(59)43(45(57)39(51)27-34-18-11-7-12-19-34)44(56)38(26-33-16-9-6-10-17-33)29-42(55)41(28-35-20-13-8-14-21-35)53-48(60)61-49(3,4)5/h6,8-10,13-17,20-23,25,32,34,38-43,45,55,57H,7,11-12,18-19,24,26-31,50-52H2,1-5H3,(H,53,60)/t38?,39-,40-,41?,42?,43?,45+/m0/s1. The maximum absolute atomic E-state index is 15.4. The van der Waals surface area contributed by atoms with E-state index in [1.165, 1.54) is 0 Å². The smallest absolute Gasteiger partial charge is 0.407 e. The summed E-state index contributed by atoms with van der Waals surface area (Å²) in [5.74, 6) is -4.85. The molecule has 1 saturated carbocycles. The first-order valence-electron chi connectivity index (χ1n) is 22.1. The highest BCUT2D eigenvalue weighted by Crippen LogP contribution is 2.31. The van der Waals surface area contributed by atoms with Gasteiger partial charge in [0.2, 0.25) is 11.8 Å². The van der Waals surface area contributed by atoms with Crippen molar-refractivity contribution in [1.82, 2.24) is 10.2 Å². The van der Waals surface area contributed by atoms with E-state index in [-0.39, 0.29) is 50.6 Å². The first-order valence-corrected chi connectivity index (χ1v) is 22.1. The number of Topliss-reactive ketones (excluding diaryl/α,β-unsaturated/α-hetero) is 1. The molecule has 9 N–H and O–H groups in total. The minimum Gasteiger partial charge on any atom is -0.444 e. The number of ether oxygens (including phenoxy) is 1. The summed E-state index contributed by atoms with van der Waals surface area (Å²) >= 11 is 0. The van der Waals surface area contributed by atoms with Gasteiger partial charge in [0.15, 0.2) is 5.78 Å². The number of imide groups is 1. The third-order valence-electron chi connectivity index (χ3n) is 11.5. The highest BCUT2D eigenvalue weighted by molar-refractivity contribution is 6.09. The van der Waals surface area contributed by atoms with E-state index < -0.39 is 71.5 Å². The van der Waals surface area contributed by atoms with Gasteiger partial charge < -0.3 is 37.5 Å². The zero-order chi connectivity index (χ0) is 44.7. The van der Waals surface area contributed by atoms with Crippen molar-refractivity contribution in [2.24, 2.45) is 40.9 Å². The van der Waals surface area contributed by atoms with Crippen molar-refractivity contribution in [1.29, 1.82) is 0 Å². The molecule has 0 spiro atoms. The SMILES string of the molecule is CC(C)C[C@H](N)C(=O)N(Cc1cccc(CN)c1)C(=O)C(C(=O)C(Cc1ccccc1)CC(O)C(Cc1ccccc1)NC(=O)OC(C)(C)C)[C@H](O)[C@@H](N)CC1CCCCC1. The number of hydrogen-bond acceptors (Lipinski definition) is 10. The van der Waals surface area contributed by atoms with Gasteiger partial charge in [-0.2, -0.15) is 0 Å². The number of amides is 3. The fraction of sp³-hybridized carbons (Fsp3) is 0.551. The fourth-order valence-corrected chi connectivity index (χ4v) is 8.43. The van der Waals surface area contributed by atoms with Crippen LogP contribution >= 0.6 is 0 Å². The third-order valence-corrected chi connectivity index (χ3v) is 11.5. The number of nitrogens with two attached hydrogens (primary N) is 3. The topological polar surface area (TPSA) is 211 Å². The molecule has 61 heavy (non-hydrogen) atoms.